The van der Waals surface area contributed by atoms with E-state index in [0.29, 0.717) is 22.8 Å². The first kappa shape index (κ1) is 14.8. The number of piperidine rings is 1. The van der Waals surface area contributed by atoms with E-state index in [4.69, 9.17) is 16.3 Å². The standard InChI is InChI=1S/C14H17ClN2O3/c1-20-14(19)11-5-4-10(15)7-12(11)17-13(18)9-3-2-6-16-8-9/h4-5,7,9,16H,2-3,6,8H2,1H3,(H,17,18)/t9-/m1/s1. The summed E-state index contributed by atoms with van der Waals surface area (Å²) in [6, 6.07) is 4.69. The number of anilines is 1. The molecule has 20 heavy (non-hydrogen) atoms. The molecule has 1 fully saturated rings. The molecule has 0 bridgehead atoms. The van der Waals surface area contributed by atoms with Gasteiger partial charge in [-0.1, -0.05) is 11.6 Å². The van der Waals surface area contributed by atoms with E-state index < -0.39 is 5.97 Å². The SMILES string of the molecule is COC(=O)c1ccc(Cl)cc1NC(=O)[C@@H]1CCCNC1. The fourth-order valence-electron chi connectivity index (χ4n) is 2.22. The minimum Gasteiger partial charge on any atom is -0.465 e. The Bertz CT molecular complexity index is 513. The number of amides is 1. The van der Waals surface area contributed by atoms with Crippen molar-refractivity contribution in [2.75, 3.05) is 25.5 Å². The number of methoxy groups -OCH3 is 1. The molecular weight excluding hydrogens is 280 g/mol. The lowest BCUT2D eigenvalue weighted by Gasteiger charge is -2.22. The summed E-state index contributed by atoms with van der Waals surface area (Å²) in [4.78, 5) is 23.9. The van der Waals surface area contributed by atoms with E-state index in [-0.39, 0.29) is 11.8 Å². The minimum atomic E-state index is -0.501. The molecule has 2 rings (SSSR count). The van der Waals surface area contributed by atoms with Crippen molar-refractivity contribution in [1.82, 2.24) is 5.32 Å². The molecule has 1 saturated heterocycles. The van der Waals surface area contributed by atoms with Crippen molar-refractivity contribution in [2.45, 2.75) is 12.8 Å². The molecule has 0 saturated carbocycles. The maximum Gasteiger partial charge on any atom is 0.339 e. The third-order valence-electron chi connectivity index (χ3n) is 3.31. The zero-order valence-corrected chi connectivity index (χ0v) is 12.0. The number of nitrogens with one attached hydrogen (secondary N) is 2. The minimum absolute atomic E-state index is 0.0896. The lowest BCUT2D eigenvalue weighted by atomic mass is 9.98. The van der Waals surface area contributed by atoms with Gasteiger partial charge in [0.15, 0.2) is 0 Å². The maximum atomic E-state index is 12.2. The molecule has 5 nitrogen and oxygen atoms in total. The van der Waals surface area contributed by atoms with Crippen LogP contribution in [0.5, 0.6) is 0 Å². The van der Waals surface area contributed by atoms with Crippen LogP contribution in [0.15, 0.2) is 18.2 Å². The van der Waals surface area contributed by atoms with Gasteiger partial charge in [0.25, 0.3) is 0 Å². The van der Waals surface area contributed by atoms with Gasteiger partial charge in [0.1, 0.15) is 0 Å². The van der Waals surface area contributed by atoms with Crippen LogP contribution in [0.2, 0.25) is 5.02 Å². The van der Waals surface area contributed by atoms with Gasteiger partial charge in [0, 0.05) is 11.6 Å². The second-order valence-corrected chi connectivity index (χ2v) is 5.15. The Balaban J connectivity index is 2.16. The van der Waals surface area contributed by atoms with Gasteiger partial charge >= 0.3 is 5.97 Å². The molecule has 1 aromatic carbocycles. The van der Waals surface area contributed by atoms with Crippen molar-refractivity contribution in [3.05, 3.63) is 28.8 Å². The quantitative estimate of drug-likeness (QED) is 0.838. The molecule has 0 spiro atoms. The molecule has 1 aliphatic heterocycles. The maximum absolute atomic E-state index is 12.2. The van der Waals surface area contributed by atoms with Crippen LogP contribution in [0.25, 0.3) is 0 Å². The molecule has 1 heterocycles. The third-order valence-corrected chi connectivity index (χ3v) is 3.55. The smallest absolute Gasteiger partial charge is 0.339 e. The van der Waals surface area contributed by atoms with Crippen LogP contribution in [0.1, 0.15) is 23.2 Å². The first-order chi connectivity index (χ1) is 9.61. The Labute approximate surface area is 122 Å². The van der Waals surface area contributed by atoms with Gasteiger partial charge in [-0.15, -0.1) is 0 Å². The van der Waals surface area contributed by atoms with Crippen LogP contribution in [-0.4, -0.2) is 32.1 Å². The summed E-state index contributed by atoms with van der Waals surface area (Å²) in [5.74, 6) is -0.698. The highest BCUT2D eigenvalue weighted by molar-refractivity contribution is 6.31. The highest BCUT2D eigenvalue weighted by Crippen LogP contribution is 2.23. The number of rotatable bonds is 3. The second kappa shape index (κ2) is 6.72. The zero-order valence-electron chi connectivity index (χ0n) is 11.2. The Kier molecular flexibility index (Phi) is 4.98. The predicted molar refractivity (Wildman–Crippen MR) is 77.0 cm³/mol. The van der Waals surface area contributed by atoms with Crippen LogP contribution in [-0.2, 0) is 9.53 Å². The van der Waals surface area contributed by atoms with Crippen molar-refractivity contribution >= 4 is 29.2 Å². The Hall–Kier alpha value is -1.59. The van der Waals surface area contributed by atoms with E-state index in [9.17, 15) is 9.59 Å². The van der Waals surface area contributed by atoms with E-state index in [1.54, 1.807) is 18.2 Å². The number of hydrogen-bond acceptors (Lipinski definition) is 4. The van der Waals surface area contributed by atoms with Gasteiger partial charge in [-0.05, 0) is 37.6 Å². The molecule has 1 atom stereocenters. The van der Waals surface area contributed by atoms with Crippen LogP contribution in [0.4, 0.5) is 5.69 Å². The normalized spacial score (nSPS) is 18.4. The zero-order chi connectivity index (χ0) is 14.5. The molecule has 6 heteroatoms. The summed E-state index contributed by atoms with van der Waals surface area (Å²) in [5.41, 5.74) is 0.689. The van der Waals surface area contributed by atoms with Crippen molar-refractivity contribution in [1.29, 1.82) is 0 Å². The number of carbonyl (C=O) groups is 2. The van der Waals surface area contributed by atoms with Crippen LogP contribution in [0, 0.1) is 5.92 Å². The van der Waals surface area contributed by atoms with E-state index in [1.165, 1.54) is 7.11 Å². The van der Waals surface area contributed by atoms with Crippen LogP contribution >= 0.6 is 11.6 Å². The van der Waals surface area contributed by atoms with E-state index in [2.05, 4.69) is 10.6 Å². The first-order valence-corrected chi connectivity index (χ1v) is 6.89. The lowest BCUT2D eigenvalue weighted by molar-refractivity contribution is -0.120. The van der Waals surface area contributed by atoms with Gasteiger partial charge in [-0.3, -0.25) is 4.79 Å². The monoisotopic (exact) mass is 296 g/mol. The molecular formula is C14H17ClN2O3. The predicted octanol–water partition coefficient (Wildman–Crippen LogP) is 2.06. The largest absolute Gasteiger partial charge is 0.465 e. The molecule has 0 aromatic heterocycles. The fourth-order valence-corrected chi connectivity index (χ4v) is 2.39. The Morgan fingerprint density at radius 2 is 2.25 bits per heavy atom. The molecule has 1 amide bonds. The number of hydrogen-bond donors (Lipinski definition) is 2. The summed E-state index contributed by atoms with van der Waals surface area (Å²) in [6.07, 6.45) is 1.81. The number of ether oxygens (including phenoxy) is 1. The average molecular weight is 297 g/mol. The van der Waals surface area contributed by atoms with Crippen molar-refractivity contribution in [2.24, 2.45) is 5.92 Å². The van der Waals surface area contributed by atoms with Crippen molar-refractivity contribution in [3.63, 3.8) is 0 Å². The number of esters is 1. The molecule has 0 aliphatic carbocycles. The van der Waals surface area contributed by atoms with Gasteiger partial charge in [-0.2, -0.15) is 0 Å². The van der Waals surface area contributed by atoms with Crippen molar-refractivity contribution < 1.29 is 14.3 Å². The molecule has 108 valence electrons. The van der Waals surface area contributed by atoms with Crippen LogP contribution < -0.4 is 10.6 Å². The van der Waals surface area contributed by atoms with Gasteiger partial charge in [0.05, 0.1) is 24.3 Å². The number of halogens is 1. The summed E-state index contributed by atoms with van der Waals surface area (Å²) in [6.45, 7) is 1.59. The van der Waals surface area contributed by atoms with Crippen LogP contribution in [0.3, 0.4) is 0 Å². The Morgan fingerprint density at radius 3 is 2.90 bits per heavy atom. The van der Waals surface area contributed by atoms with E-state index in [0.717, 1.165) is 19.4 Å². The number of benzene rings is 1. The average Bonchev–Trinajstić information content (AvgIpc) is 2.47. The molecule has 0 radical (unpaired) electrons. The topological polar surface area (TPSA) is 67.4 Å². The second-order valence-electron chi connectivity index (χ2n) is 4.71. The van der Waals surface area contributed by atoms with Gasteiger partial charge < -0.3 is 15.4 Å². The summed E-state index contributed by atoms with van der Waals surface area (Å²) in [7, 11) is 1.30. The highest BCUT2D eigenvalue weighted by Gasteiger charge is 2.22. The van der Waals surface area contributed by atoms with Crippen molar-refractivity contribution in [3.8, 4) is 0 Å². The van der Waals surface area contributed by atoms with E-state index >= 15 is 0 Å². The molecule has 1 aliphatic rings. The number of carbonyl (C=O) groups excluding carboxylic acids is 2. The molecule has 0 unspecified atom stereocenters. The lowest BCUT2D eigenvalue weighted by Crippen LogP contribution is -2.37. The summed E-state index contributed by atoms with van der Waals surface area (Å²) in [5, 5.41) is 6.41. The summed E-state index contributed by atoms with van der Waals surface area (Å²) >= 11 is 5.92. The molecule has 2 N–H and O–H groups in total. The fraction of sp³-hybridized carbons (Fsp3) is 0.429. The highest BCUT2D eigenvalue weighted by atomic mass is 35.5. The third kappa shape index (κ3) is 3.49. The summed E-state index contributed by atoms with van der Waals surface area (Å²) < 4.78 is 4.70. The molecule has 1 aromatic rings. The Morgan fingerprint density at radius 1 is 1.45 bits per heavy atom. The first-order valence-electron chi connectivity index (χ1n) is 6.51. The van der Waals surface area contributed by atoms with E-state index in [1.807, 2.05) is 0 Å². The van der Waals surface area contributed by atoms with Gasteiger partial charge in [-0.25, -0.2) is 4.79 Å². The van der Waals surface area contributed by atoms with Gasteiger partial charge in [0.2, 0.25) is 5.91 Å².